The first kappa shape index (κ1) is 27.6. The lowest BCUT2D eigenvalue weighted by Gasteiger charge is -2.35. The van der Waals surface area contributed by atoms with Crippen LogP contribution in [-0.4, -0.2) is 95.4 Å². The van der Waals surface area contributed by atoms with Crippen LogP contribution >= 0.6 is 0 Å². The van der Waals surface area contributed by atoms with Gasteiger partial charge in [-0.05, 0) is 71.2 Å². The molecular formula is C27H36N4O7. The molecule has 0 radical (unpaired) electrons. The molecule has 1 aromatic rings. The number of hydrogen-bond acceptors (Lipinski definition) is 8. The van der Waals surface area contributed by atoms with Gasteiger partial charge in [0.1, 0.15) is 17.4 Å². The molecule has 11 heteroatoms. The average molecular weight is 529 g/mol. The zero-order chi connectivity index (χ0) is 27.4. The second-order valence-corrected chi connectivity index (χ2v) is 10.9. The van der Waals surface area contributed by atoms with Crippen molar-refractivity contribution < 1.29 is 33.4 Å². The number of piperazine rings is 1. The van der Waals surface area contributed by atoms with Gasteiger partial charge in [0.05, 0.1) is 17.7 Å². The van der Waals surface area contributed by atoms with Gasteiger partial charge >= 0.3 is 6.09 Å². The van der Waals surface area contributed by atoms with Crippen LogP contribution in [0.3, 0.4) is 0 Å². The van der Waals surface area contributed by atoms with Crippen LogP contribution in [0.25, 0.3) is 0 Å². The molecule has 1 N–H and O–H groups in total. The number of benzene rings is 1. The quantitative estimate of drug-likeness (QED) is 0.402. The minimum Gasteiger partial charge on any atom is -0.494 e. The van der Waals surface area contributed by atoms with Crippen molar-refractivity contribution in [3.8, 4) is 5.75 Å². The highest BCUT2D eigenvalue weighted by molar-refractivity contribution is 6.23. The number of amides is 5. The van der Waals surface area contributed by atoms with Crippen LogP contribution < -0.4 is 10.1 Å². The fraction of sp³-hybridized carbons (Fsp3) is 0.593. The van der Waals surface area contributed by atoms with E-state index in [0.717, 1.165) is 43.8 Å². The number of carbonyl (C=O) groups excluding carboxylic acids is 5. The zero-order valence-corrected chi connectivity index (χ0v) is 22.3. The number of unbranched alkanes of at least 4 members (excludes halogenated alkanes) is 2. The molecule has 0 saturated carbocycles. The van der Waals surface area contributed by atoms with Gasteiger partial charge in [-0.3, -0.25) is 34.3 Å². The van der Waals surface area contributed by atoms with Gasteiger partial charge in [0.25, 0.3) is 11.8 Å². The molecule has 2 fully saturated rings. The van der Waals surface area contributed by atoms with E-state index in [9.17, 15) is 24.0 Å². The van der Waals surface area contributed by atoms with E-state index < -0.39 is 35.3 Å². The van der Waals surface area contributed by atoms with E-state index in [2.05, 4.69) is 10.2 Å². The van der Waals surface area contributed by atoms with Crippen molar-refractivity contribution in [3.63, 3.8) is 0 Å². The highest BCUT2D eigenvalue weighted by atomic mass is 16.6. The Morgan fingerprint density at radius 1 is 0.974 bits per heavy atom. The SMILES string of the molecule is CC(C)(C)OC(=O)N1CCN(CCCCCOc2ccc3c(c2)C(=O)N(C2CCC(=O)NC2=O)C3=O)CC1. The molecule has 3 aliphatic rings. The van der Waals surface area contributed by atoms with E-state index in [1.807, 2.05) is 20.8 Å². The van der Waals surface area contributed by atoms with Crippen molar-refractivity contribution in [1.82, 2.24) is 20.0 Å². The normalized spacial score (nSPS) is 20.4. The number of carbonyl (C=O) groups is 5. The number of nitrogens with zero attached hydrogens (tertiary/aromatic N) is 3. The summed E-state index contributed by atoms with van der Waals surface area (Å²) in [4.78, 5) is 66.6. The molecule has 4 rings (SSSR count). The van der Waals surface area contributed by atoms with Crippen molar-refractivity contribution in [3.05, 3.63) is 29.3 Å². The van der Waals surface area contributed by atoms with E-state index in [-0.39, 0.29) is 30.1 Å². The fourth-order valence-electron chi connectivity index (χ4n) is 4.82. The summed E-state index contributed by atoms with van der Waals surface area (Å²) in [6.45, 7) is 10.0. The summed E-state index contributed by atoms with van der Waals surface area (Å²) < 4.78 is 11.3. The molecule has 0 spiro atoms. The van der Waals surface area contributed by atoms with E-state index in [1.54, 1.807) is 23.1 Å². The maximum absolute atomic E-state index is 12.9. The molecule has 1 aromatic carbocycles. The molecule has 5 amide bonds. The molecule has 0 bridgehead atoms. The van der Waals surface area contributed by atoms with Crippen molar-refractivity contribution in [1.29, 1.82) is 0 Å². The molecule has 3 aliphatic heterocycles. The van der Waals surface area contributed by atoms with E-state index in [0.29, 0.717) is 25.4 Å². The lowest BCUT2D eigenvalue weighted by molar-refractivity contribution is -0.136. The van der Waals surface area contributed by atoms with Gasteiger partial charge < -0.3 is 14.4 Å². The first-order chi connectivity index (χ1) is 18.0. The Morgan fingerprint density at radius 2 is 1.68 bits per heavy atom. The Labute approximate surface area is 222 Å². The summed E-state index contributed by atoms with van der Waals surface area (Å²) in [6, 6.07) is 3.77. The maximum atomic E-state index is 12.9. The molecule has 0 aromatic heterocycles. The predicted octanol–water partition coefficient (Wildman–Crippen LogP) is 2.19. The Balaban J connectivity index is 1.16. The molecule has 2 saturated heterocycles. The summed E-state index contributed by atoms with van der Waals surface area (Å²) >= 11 is 0. The maximum Gasteiger partial charge on any atom is 0.410 e. The molecule has 206 valence electrons. The molecule has 0 aliphatic carbocycles. The Hall–Kier alpha value is -3.47. The van der Waals surface area contributed by atoms with Crippen LogP contribution in [0.4, 0.5) is 4.79 Å². The van der Waals surface area contributed by atoms with Gasteiger partial charge in [-0.25, -0.2) is 4.79 Å². The third-order valence-corrected chi connectivity index (χ3v) is 6.82. The van der Waals surface area contributed by atoms with Crippen LogP contribution in [0.5, 0.6) is 5.75 Å². The minimum absolute atomic E-state index is 0.0838. The van der Waals surface area contributed by atoms with E-state index >= 15 is 0 Å². The van der Waals surface area contributed by atoms with E-state index in [1.165, 1.54) is 0 Å². The van der Waals surface area contributed by atoms with Gasteiger partial charge in [0.2, 0.25) is 11.8 Å². The average Bonchev–Trinajstić information content (AvgIpc) is 3.10. The number of nitrogens with one attached hydrogen (secondary N) is 1. The van der Waals surface area contributed by atoms with Crippen LogP contribution in [0.2, 0.25) is 0 Å². The van der Waals surface area contributed by atoms with Crippen molar-refractivity contribution in [2.45, 2.75) is 64.5 Å². The first-order valence-electron chi connectivity index (χ1n) is 13.2. The Kier molecular flexibility index (Phi) is 8.35. The van der Waals surface area contributed by atoms with Gasteiger partial charge in [-0.1, -0.05) is 0 Å². The summed E-state index contributed by atoms with van der Waals surface area (Å²) in [5.41, 5.74) is -0.0411. The molecule has 1 atom stereocenters. The van der Waals surface area contributed by atoms with Gasteiger partial charge in [-0.15, -0.1) is 0 Å². The minimum atomic E-state index is -0.982. The standard InChI is InChI=1S/C27H36N4O7/c1-27(2,3)38-26(36)30-14-12-29(13-15-30)11-5-4-6-16-37-18-7-8-19-20(17-18)25(35)31(24(19)34)21-9-10-22(32)28-23(21)33/h7-8,17,21H,4-6,9-16H2,1-3H3,(H,28,32,33). The molecule has 11 nitrogen and oxygen atoms in total. The summed E-state index contributed by atoms with van der Waals surface area (Å²) in [5.74, 6) is -1.61. The number of ether oxygens (including phenoxy) is 2. The number of imide groups is 2. The number of piperidine rings is 1. The third kappa shape index (κ3) is 6.50. The highest BCUT2D eigenvalue weighted by Crippen LogP contribution is 2.30. The molecule has 38 heavy (non-hydrogen) atoms. The second kappa shape index (κ2) is 11.5. The predicted molar refractivity (Wildman–Crippen MR) is 137 cm³/mol. The summed E-state index contributed by atoms with van der Waals surface area (Å²) in [7, 11) is 0. The Bertz CT molecular complexity index is 1110. The smallest absolute Gasteiger partial charge is 0.410 e. The van der Waals surface area contributed by atoms with E-state index in [4.69, 9.17) is 9.47 Å². The topological polar surface area (TPSA) is 126 Å². The van der Waals surface area contributed by atoms with Gasteiger partial charge in [0.15, 0.2) is 0 Å². The van der Waals surface area contributed by atoms with Crippen molar-refractivity contribution in [2.75, 3.05) is 39.3 Å². The second-order valence-electron chi connectivity index (χ2n) is 10.9. The summed E-state index contributed by atoms with van der Waals surface area (Å²) in [5, 5.41) is 2.19. The lowest BCUT2D eigenvalue weighted by Crippen LogP contribution is -2.54. The van der Waals surface area contributed by atoms with Crippen LogP contribution in [0, 0.1) is 0 Å². The van der Waals surface area contributed by atoms with Gasteiger partial charge in [0, 0.05) is 32.6 Å². The number of rotatable bonds is 8. The number of hydrogen-bond donors (Lipinski definition) is 1. The van der Waals surface area contributed by atoms with Crippen molar-refractivity contribution in [2.24, 2.45) is 0 Å². The lowest BCUT2D eigenvalue weighted by atomic mass is 10.0. The Morgan fingerprint density at radius 3 is 2.37 bits per heavy atom. The highest BCUT2D eigenvalue weighted by Gasteiger charge is 2.44. The number of fused-ring (bicyclic) bond motifs is 1. The summed E-state index contributed by atoms with van der Waals surface area (Å²) in [6.07, 6.45) is 2.77. The van der Waals surface area contributed by atoms with Crippen LogP contribution in [0.1, 0.15) is 73.6 Å². The zero-order valence-electron chi connectivity index (χ0n) is 22.3. The fourth-order valence-corrected chi connectivity index (χ4v) is 4.82. The largest absolute Gasteiger partial charge is 0.494 e. The molecular weight excluding hydrogens is 492 g/mol. The molecule has 1 unspecified atom stereocenters. The monoisotopic (exact) mass is 528 g/mol. The van der Waals surface area contributed by atoms with Crippen molar-refractivity contribution >= 4 is 29.7 Å². The third-order valence-electron chi connectivity index (χ3n) is 6.82. The first-order valence-corrected chi connectivity index (χ1v) is 13.2. The van der Waals surface area contributed by atoms with Gasteiger partial charge in [-0.2, -0.15) is 0 Å². The molecule has 3 heterocycles. The van der Waals surface area contributed by atoms with Crippen LogP contribution in [0.15, 0.2) is 18.2 Å². The van der Waals surface area contributed by atoms with Crippen LogP contribution in [-0.2, 0) is 14.3 Å².